The quantitative estimate of drug-likeness (QED) is 0.252. The van der Waals surface area contributed by atoms with Crippen molar-refractivity contribution in [2.75, 3.05) is 6.26 Å². The molecule has 6 nitrogen and oxygen atoms in total. The van der Waals surface area contributed by atoms with Crippen molar-refractivity contribution in [2.45, 2.75) is 2.21 Å². The minimum atomic E-state index is -3.81. The van der Waals surface area contributed by atoms with Crippen LogP contribution in [0.4, 0.5) is 5.69 Å². The number of ketones is 1. The van der Waals surface area contributed by atoms with Crippen LogP contribution in [0.2, 0.25) is 0 Å². The number of hydrogen-bond donors (Lipinski definition) is 0. The molecule has 9 heteroatoms. The Kier molecular flexibility index (Phi) is 4.34. The summed E-state index contributed by atoms with van der Waals surface area (Å²) in [6, 6.07) is 4.56. The van der Waals surface area contributed by atoms with Crippen molar-refractivity contribution in [1.29, 1.82) is 0 Å². The summed E-state index contributed by atoms with van der Waals surface area (Å²) in [4.78, 5) is 21.7. The van der Waals surface area contributed by atoms with Crippen LogP contribution in [0.5, 0.6) is 0 Å². The molecule has 0 bridgehead atoms. The Labute approximate surface area is 122 Å². The Morgan fingerprint density at radius 1 is 1.39 bits per heavy atom. The number of benzene rings is 1. The van der Waals surface area contributed by atoms with Crippen LogP contribution >= 0.6 is 34.2 Å². The minimum Gasteiger partial charge on any atom is -0.290 e. The van der Waals surface area contributed by atoms with E-state index < -0.39 is 22.8 Å². The van der Waals surface area contributed by atoms with E-state index in [1.165, 1.54) is 34.7 Å². The van der Waals surface area contributed by atoms with Crippen molar-refractivity contribution in [2.24, 2.45) is 0 Å². The van der Waals surface area contributed by atoms with Crippen LogP contribution in [0.25, 0.3) is 0 Å². The van der Waals surface area contributed by atoms with Crippen molar-refractivity contribution in [3.8, 4) is 0 Å². The molecule has 0 heterocycles. The van der Waals surface area contributed by atoms with E-state index in [0.717, 1.165) is 18.4 Å². The van der Waals surface area contributed by atoms with Crippen LogP contribution in [0, 0.1) is 10.1 Å². The first kappa shape index (κ1) is 15.3. The molecule has 0 saturated heterocycles. The van der Waals surface area contributed by atoms with Gasteiger partial charge in [0.2, 0.25) is 5.78 Å². The van der Waals surface area contributed by atoms with Crippen LogP contribution in [0.3, 0.4) is 0 Å². The summed E-state index contributed by atoms with van der Waals surface area (Å²) in [5.41, 5.74) is -0.199. The monoisotopic (exact) mass is 403 g/mol. The van der Waals surface area contributed by atoms with Crippen LogP contribution in [0.15, 0.2) is 24.3 Å². The molecule has 1 atom stereocenters. The van der Waals surface area contributed by atoms with Crippen LogP contribution < -0.4 is 0 Å². The third-order valence-corrected chi connectivity index (χ3v) is 7.09. The van der Waals surface area contributed by atoms with Crippen LogP contribution in [-0.4, -0.2) is 27.6 Å². The molecule has 0 aliphatic heterocycles. The van der Waals surface area contributed by atoms with Crippen molar-refractivity contribution in [3.05, 3.63) is 39.9 Å². The summed E-state index contributed by atoms with van der Waals surface area (Å²) in [5, 5.41) is 10.4. The fourth-order valence-corrected chi connectivity index (χ4v) is 1.95. The van der Waals surface area contributed by atoms with E-state index in [9.17, 15) is 23.3 Å². The summed E-state index contributed by atoms with van der Waals surface area (Å²) in [6.45, 7) is 0. The summed E-state index contributed by atoms with van der Waals surface area (Å²) in [7, 11) is -3.81. The normalized spacial score (nSPS) is 14.8. The van der Waals surface area contributed by atoms with E-state index in [2.05, 4.69) is 0 Å². The highest BCUT2D eigenvalue weighted by atomic mass is 127. The van der Waals surface area contributed by atoms with Gasteiger partial charge < -0.3 is 0 Å². The number of carbonyl (C=O) groups is 1. The second-order valence-electron chi connectivity index (χ2n) is 3.42. The van der Waals surface area contributed by atoms with Crippen molar-refractivity contribution in [3.63, 3.8) is 0 Å². The second-order valence-corrected chi connectivity index (χ2v) is 9.36. The number of carbonyl (C=O) groups excluding carboxylic acids is 1. The number of nitro benzene ring substituents is 1. The zero-order valence-electron chi connectivity index (χ0n) is 8.96. The predicted molar refractivity (Wildman–Crippen MR) is 74.9 cm³/mol. The molecule has 0 aromatic heterocycles. The summed E-state index contributed by atoms with van der Waals surface area (Å²) in [5.74, 6) is -0.831. The summed E-state index contributed by atoms with van der Waals surface area (Å²) < 4.78 is 20.6. The molecule has 0 amide bonds. The molecule has 0 spiro atoms. The first-order valence-electron chi connectivity index (χ1n) is 4.44. The Balaban J connectivity index is 3.17. The Bertz CT molecular complexity index is 596. The van der Waals surface area contributed by atoms with E-state index >= 15 is 0 Å². The summed E-state index contributed by atoms with van der Waals surface area (Å²) in [6.07, 6.45) is 0.843. The largest absolute Gasteiger partial charge is 0.290 e. The van der Waals surface area contributed by atoms with Gasteiger partial charge in [0.25, 0.3) is 7.90 Å². The molecule has 1 aromatic carbocycles. The molecular formula is C9H7ClINO5S. The van der Waals surface area contributed by atoms with Gasteiger partial charge in [0.05, 0.1) is 4.92 Å². The van der Waals surface area contributed by atoms with E-state index in [1.54, 1.807) is 0 Å². The minimum absolute atomic E-state index is 0.00424. The van der Waals surface area contributed by atoms with Gasteiger partial charge in [-0.15, -0.1) is 0 Å². The zero-order valence-corrected chi connectivity index (χ0v) is 12.7. The molecule has 0 aliphatic rings. The molecule has 0 N–H and O–H groups in total. The number of hydrogen-bond acceptors (Lipinski definition) is 5. The highest BCUT2D eigenvalue weighted by Gasteiger charge is 2.44. The lowest BCUT2D eigenvalue weighted by molar-refractivity contribution is -0.384. The van der Waals surface area contributed by atoms with Gasteiger partial charge in [0.1, 0.15) is 0 Å². The number of non-ortho nitro benzene ring substituents is 1. The number of Topliss-reactive ketones (excluding diaryl/α,β-unsaturated/α-hetero) is 1. The lowest BCUT2D eigenvalue weighted by atomic mass is 10.1. The van der Waals surface area contributed by atoms with Crippen LogP contribution in [0.1, 0.15) is 10.4 Å². The van der Waals surface area contributed by atoms with Gasteiger partial charge in [-0.2, -0.15) is 0 Å². The summed E-state index contributed by atoms with van der Waals surface area (Å²) >= 11 is 7.04. The molecule has 0 fully saturated rings. The number of nitrogens with zero attached hydrogens (tertiary/aromatic N) is 1. The van der Waals surface area contributed by atoms with Crippen molar-refractivity contribution in [1.82, 2.24) is 0 Å². The van der Waals surface area contributed by atoms with Crippen molar-refractivity contribution < 1.29 is 18.1 Å². The smallest absolute Gasteiger partial charge is 0.269 e. The molecule has 1 aromatic rings. The lowest BCUT2D eigenvalue weighted by Gasteiger charge is -2.16. The second kappa shape index (κ2) is 5.10. The third kappa shape index (κ3) is 2.98. The number of halogens is 2. The fourth-order valence-electron chi connectivity index (χ4n) is 1.07. The van der Waals surface area contributed by atoms with E-state index in [1.807, 2.05) is 0 Å². The van der Waals surface area contributed by atoms with E-state index in [0.29, 0.717) is 0 Å². The highest BCUT2D eigenvalue weighted by molar-refractivity contribution is 14.1. The Hall–Kier alpha value is -0.740. The average molecular weight is 404 g/mol. The molecule has 18 heavy (non-hydrogen) atoms. The molecule has 98 valence electrons. The van der Waals surface area contributed by atoms with Gasteiger partial charge in [-0.05, 0) is 34.7 Å². The highest BCUT2D eigenvalue weighted by Crippen LogP contribution is 2.34. The fraction of sp³-hybridized carbons (Fsp3) is 0.222. The van der Waals surface area contributed by atoms with Gasteiger partial charge in [-0.25, -0.2) is 8.42 Å². The predicted octanol–water partition coefficient (Wildman–Crippen LogP) is 2.15. The number of alkyl halides is 2. The standard InChI is InChI=1S/C9H7ClINO5S/c1-18(16,17)9(10,11)8(13)6-2-4-7(5-3-6)12(14)15/h2-5H,1H3/t9-/m0/s1. The SMILES string of the molecule is CS(=O)(=O)[C@@](Cl)(I)C(=O)c1ccc([N+](=O)[O-])cc1. The van der Waals surface area contributed by atoms with Crippen molar-refractivity contribution >= 4 is 55.5 Å². The Morgan fingerprint density at radius 3 is 2.17 bits per heavy atom. The van der Waals surface area contributed by atoms with Gasteiger partial charge in [0.15, 0.2) is 9.84 Å². The Morgan fingerprint density at radius 2 is 1.83 bits per heavy atom. The maximum absolute atomic E-state index is 11.9. The average Bonchev–Trinajstić information content (AvgIpc) is 2.26. The van der Waals surface area contributed by atoms with Crippen LogP contribution in [-0.2, 0) is 9.84 Å². The first-order chi connectivity index (χ1) is 8.07. The van der Waals surface area contributed by atoms with E-state index in [4.69, 9.17) is 11.6 Å². The molecule has 0 radical (unpaired) electrons. The van der Waals surface area contributed by atoms with Gasteiger partial charge >= 0.3 is 0 Å². The molecule has 1 rings (SSSR count). The third-order valence-electron chi connectivity index (χ3n) is 2.07. The number of rotatable bonds is 4. The molecular weight excluding hydrogens is 397 g/mol. The van der Waals surface area contributed by atoms with E-state index in [-0.39, 0.29) is 11.3 Å². The molecule has 0 unspecified atom stereocenters. The van der Waals surface area contributed by atoms with Gasteiger partial charge in [0, 0.05) is 24.0 Å². The lowest BCUT2D eigenvalue weighted by Crippen LogP contribution is -2.34. The first-order valence-corrected chi connectivity index (χ1v) is 7.79. The van der Waals surface area contributed by atoms with Gasteiger partial charge in [-0.1, -0.05) is 11.6 Å². The zero-order chi connectivity index (χ0) is 14.1. The maximum atomic E-state index is 11.9. The van der Waals surface area contributed by atoms with Gasteiger partial charge in [-0.3, -0.25) is 14.9 Å². The molecule has 0 aliphatic carbocycles. The number of sulfone groups is 1. The number of nitro groups is 1. The molecule has 0 saturated carbocycles. The maximum Gasteiger partial charge on any atom is 0.269 e. The topological polar surface area (TPSA) is 94.3 Å².